The average molecular weight is 472 g/mol. The molecule has 3 aromatic heterocycles. The zero-order valence-electron chi connectivity index (χ0n) is 20.0. The number of rotatable bonds is 3. The first-order chi connectivity index (χ1) is 18.3. The zero-order valence-corrected chi connectivity index (χ0v) is 20.0. The van der Waals surface area contributed by atoms with Crippen molar-refractivity contribution in [1.82, 2.24) is 14.4 Å². The summed E-state index contributed by atoms with van der Waals surface area (Å²) in [6, 6.07) is 44.7. The Morgan fingerprint density at radius 3 is 1.76 bits per heavy atom. The van der Waals surface area contributed by atoms with E-state index in [1.165, 1.54) is 38.1 Å². The largest absolute Gasteiger partial charge is 0.308 e. The van der Waals surface area contributed by atoms with Crippen LogP contribution in [0.2, 0.25) is 0 Å². The molecule has 3 nitrogen and oxygen atoms in total. The lowest BCUT2D eigenvalue weighted by atomic mass is 10.0. The summed E-state index contributed by atoms with van der Waals surface area (Å²) in [5.74, 6) is 0.731. The van der Waals surface area contributed by atoms with E-state index in [-0.39, 0.29) is 0 Å². The lowest BCUT2D eigenvalue weighted by Gasteiger charge is -2.10. The Balaban J connectivity index is 1.42. The summed E-state index contributed by atoms with van der Waals surface area (Å²) in [7, 11) is 0. The quantitative estimate of drug-likeness (QED) is 0.258. The summed E-state index contributed by atoms with van der Waals surface area (Å²) >= 11 is 0. The number of aromatic nitrogens is 3. The summed E-state index contributed by atoms with van der Waals surface area (Å²) in [6.07, 6.45) is 0. The second-order valence-corrected chi connectivity index (χ2v) is 9.48. The lowest BCUT2D eigenvalue weighted by molar-refractivity contribution is 1.18. The molecule has 3 heterocycles. The van der Waals surface area contributed by atoms with E-state index in [1.807, 2.05) is 36.4 Å². The third kappa shape index (κ3) is 3.01. The molecule has 8 aromatic rings. The van der Waals surface area contributed by atoms with Crippen LogP contribution in [-0.4, -0.2) is 14.4 Å². The molecule has 0 spiro atoms. The Bertz CT molecular complexity index is 2010. The fourth-order valence-corrected chi connectivity index (χ4v) is 5.66. The molecule has 0 fully saturated rings. The van der Waals surface area contributed by atoms with Crippen LogP contribution >= 0.6 is 0 Å². The summed E-state index contributed by atoms with van der Waals surface area (Å²) < 4.78 is 2.41. The van der Waals surface area contributed by atoms with Crippen molar-refractivity contribution < 1.29 is 0 Å². The van der Waals surface area contributed by atoms with Gasteiger partial charge in [-0.3, -0.25) is 0 Å². The highest BCUT2D eigenvalue weighted by Gasteiger charge is 2.18. The van der Waals surface area contributed by atoms with Crippen molar-refractivity contribution in [3.8, 4) is 33.9 Å². The Kier molecular flexibility index (Phi) is 4.23. The maximum Gasteiger partial charge on any atom is 0.160 e. The molecule has 0 amide bonds. The van der Waals surface area contributed by atoms with E-state index >= 15 is 0 Å². The van der Waals surface area contributed by atoms with Crippen LogP contribution in [-0.2, 0) is 0 Å². The van der Waals surface area contributed by atoms with Crippen molar-refractivity contribution in [3.05, 3.63) is 127 Å². The molecule has 0 atom stereocenters. The lowest BCUT2D eigenvalue weighted by Crippen LogP contribution is -1.96. The fraction of sp³-hybridized carbons (Fsp3) is 0. The molecule has 0 aliphatic carbocycles. The van der Waals surface area contributed by atoms with Crippen LogP contribution in [0.15, 0.2) is 127 Å². The minimum Gasteiger partial charge on any atom is -0.308 e. The molecule has 37 heavy (non-hydrogen) atoms. The smallest absolute Gasteiger partial charge is 0.160 e. The van der Waals surface area contributed by atoms with Gasteiger partial charge in [0.05, 0.1) is 27.9 Å². The molecule has 0 bridgehead atoms. The van der Waals surface area contributed by atoms with Gasteiger partial charge in [0, 0.05) is 38.2 Å². The number of benzene rings is 5. The Labute approximate surface area is 213 Å². The minimum absolute atomic E-state index is 0.731. The van der Waals surface area contributed by atoms with Crippen LogP contribution in [0.3, 0.4) is 0 Å². The molecule has 8 rings (SSSR count). The maximum atomic E-state index is 5.05. The van der Waals surface area contributed by atoms with Crippen molar-refractivity contribution in [2.75, 3.05) is 0 Å². The number of para-hydroxylation sites is 2. The summed E-state index contributed by atoms with van der Waals surface area (Å²) in [5, 5.41) is 5.13. The van der Waals surface area contributed by atoms with Crippen LogP contribution in [0, 0.1) is 0 Å². The van der Waals surface area contributed by atoms with Gasteiger partial charge in [-0.1, -0.05) is 109 Å². The fourth-order valence-electron chi connectivity index (χ4n) is 5.66. The maximum absolute atomic E-state index is 5.05. The molecule has 0 radical (unpaired) electrons. The van der Waals surface area contributed by atoms with Gasteiger partial charge in [0.2, 0.25) is 0 Å². The third-order valence-corrected chi connectivity index (χ3v) is 7.35. The monoisotopic (exact) mass is 471 g/mol. The summed E-state index contributed by atoms with van der Waals surface area (Å²) in [5.41, 5.74) is 8.72. The highest BCUT2D eigenvalue weighted by Crippen LogP contribution is 2.40. The van der Waals surface area contributed by atoms with Gasteiger partial charge in [-0.15, -0.1) is 0 Å². The standard InChI is InChI=1S/C34H21N3/c1-3-10-22(11-4-1)29-21-30(36-34(35-29)23-12-5-2-6-13-23)24-18-19-26-28-16-9-15-27-25-14-7-8-17-31(25)37(33(27)28)32(26)20-24/h1-21H. The van der Waals surface area contributed by atoms with E-state index < -0.39 is 0 Å². The second kappa shape index (κ2) is 7.74. The molecule has 0 aliphatic heterocycles. The third-order valence-electron chi connectivity index (χ3n) is 7.35. The van der Waals surface area contributed by atoms with Crippen molar-refractivity contribution >= 4 is 38.1 Å². The molecular weight excluding hydrogens is 450 g/mol. The Hall–Kier alpha value is -5.02. The van der Waals surface area contributed by atoms with Crippen molar-refractivity contribution in [2.24, 2.45) is 0 Å². The van der Waals surface area contributed by atoms with E-state index in [2.05, 4.69) is 95.4 Å². The van der Waals surface area contributed by atoms with Crippen LogP contribution in [0.4, 0.5) is 0 Å². The normalized spacial score (nSPS) is 11.8. The molecule has 3 heteroatoms. The Morgan fingerprint density at radius 2 is 1.00 bits per heavy atom. The highest BCUT2D eigenvalue weighted by molar-refractivity contribution is 6.23. The average Bonchev–Trinajstić information content (AvgIpc) is 3.50. The molecule has 0 saturated heterocycles. The molecule has 0 N–H and O–H groups in total. The molecule has 172 valence electrons. The first kappa shape index (κ1) is 20.2. The predicted octanol–water partition coefficient (Wildman–Crippen LogP) is 8.63. The van der Waals surface area contributed by atoms with Gasteiger partial charge in [-0.05, 0) is 18.2 Å². The topological polar surface area (TPSA) is 30.2 Å². The number of nitrogens with zero attached hydrogens (tertiary/aromatic N) is 3. The molecule has 0 saturated carbocycles. The van der Waals surface area contributed by atoms with E-state index in [4.69, 9.17) is 9.97 Å². The van der Waals surface area contributed by atoms with E-state index in [9.17, 15) is 0 Å². The van der Waals surface area contributed by atoms with Gasteiger partial charge in [0.15, 0.2) is 5.82 Å². The summed E-state index contributed by atoms with van der Waals surface area (Å²) in [4.78, 5) is 10.0. The predicted molar refractivity (Wildman–Crippen MR) is 153 cm³/mol. The van der Waals surface area contributed by atoms with Gasteiger partial charge in [-0.2, -0.15) is 0 Å². The van der Waals surface area contributed by atoms with Crippen LogP contribution in [0.1, 0.15) is 0 Å². The minimum atomic E-state index is 0.731. The van der Waals surface area contributed by atoms with E-state index in [0.717, 1.165) is 33.9 Å². The molecular formula is C34H21N3. The highest BCUT2D eigenvalue weighted by atomic mass is 14.9. The van der Waals surface area contributed by atoms with Crippen LogP contribution < -0.4 is 0 Å². The van der Waals surface area contributed by atoms with Gasteiger partial charge in [-0.25, -0.2) is 9.97 Å². The number of hydrogen-bond acceptors (Lipinski definition) is 2. The van der Waals surface area contributed by atoms with Crippen molar-refractivity contribution in [3.63, 3.8) is 0 Å². The molecule has 0 unspecified atom stereocenters. The van der Waals surface area contributed by atoms with E-state index in [0.29, 0.717) is 0 Å². The second-order valence-electron chi connectivity index (χ2n) is 9.48. The zero-order chi connectivity index (χ0) is 24.3. The van der Waals surface area contributed by atoms with Crippen molar-refractivity contribution in [2.45, 2.75) is 0 Å². The first-order valence-electron chi connectivity index (χ1n) is 12.5. The number of fused-ring (bicyclic) bond motifs is 6. The number of hydrogen-bond donors (Lipinski definition) is 0. The van der Waals surface area contributed by atoms with Gasteiger partial charge in [0.1, 0.15) is 0 Å². The van der Waals surface area contributed by atoms with Gasteiger partial charge < -0.3 is 4.40 Å². The van der Waals surface area contributed by atoms with Gasteiger partial charge >= 0.3 is 0 Å². The van der Waals surface area contributed by atoms with Gasteiger partial charge in [0.25, 0.3) is 0 Å². The molecule has 0 aliphatic rings. The first-order valence-corrected chi connectivity index (χ1v) is 12.5. The summed E-state index contributed by atoms with van der Waals surface area (Å²) in [6.45, 7) is 0. The van der Waals surface area contributed by atoms with Crippen LogP contribution in [0.5, 0.6) is 0 Å². The Morgan fingerprint density at radius 1 is 0.405 bits per heavy atom. The molecule has 5 aromatic carbocycles. The van der Waals surface area contributed by atoms with E-state index in [1.54, 1.807) is 0 Å². The van der Waals surface area contributed by atoms with Crippen LogP contribution in [0.25, 0.3) is 72.0 Å². The SMILES string of the molecule is c1ccc(-c2cc(-c3ccc4c5cccc6c7ccccc7n(c4c3)c65)nc(-c3ccccc3)n2)cc1. The van der Waals surface area contributed by atoms with Crippen molar-refractivity contribution in [1.29, 1.82) is 0 Å².